The molecule has 28 heavy (non-hydrogen) atoms. The van der Waals surface area contributed by atoms with Crippen molar-refractivity contribution in [3.8, 4) is 0 Å². The van der Waals surface area contributed by atoms with Gasteiger partial charge in [-0.3, -0.25) is 19.2 Å². The Morgan fingerprint density at radius 3 is 1.79 bits per heavy atom. The second kappa shape index (κ2) is 11.9. The van der Waals surface area contributed by atoms with Gasteiger partial charge in [0.15, 0.2) is 0 Å². The quantitative estimate of drug-likeness (QED) is 0.222. The molecule has 0 aliphatic carbocycles. The van der Waals surface area contributed by atoms with E-state index in [1.54, 1.807) is 0 Å². The average Bonchev–Trinajstić information content (AvgIpc) is 2.62. The van der Waals surface area contributed by atoms with Gasteiger partial charge in [-0.15, -0.1) is 0 Å². The lowest BCUT2D eigenvalue weighted by atomic mass is 9.99. The molecule has 8 N–H and O–H groups in total. The maximum absolute atomic E-state index is 12.2. The third-order valence-corrected chi connectivity index (χ3v) is 4.36. The number of carbonyl (C=O) groups is 5. The Labute approximate surface area is 164 Å². The molecule has 0 heterocycles. The molecule has 160 valence electrons. The van der Waals surface area contributed by atoms with E-state index in [2.05, 4.69) is 16.0 Å². The van der Waals surface area contributed by atoms with Gasteiger partial charge in [0.25, 0.3) is 0 Å². The summed E-state index contributed by atoms with van der Waals surface area (Å²) in [5.74, 6) is -3.94. The second-order valence-electron chi connectivity index (χ2n) is 6.78. The molecule has 0 rings (SSSR count). The van der Waals surface area contributed by atoms with Crippen molar-refractivity contribution in [2.24, 2.45) is 17.4 Å². The van der Waals surface area contributed by atoms with Crippen molar-refractivity contribution < 1.29 is 29.1 Å². The van der Waals surface area contributed by atoms with E-state index in [0.717, 1.165) is 0 Å². The molecule has 0 saturated heterocycles. The lowest BCUT2D eigenvalue weighted by Crippen LogP contribution is -2.56. The Morgan fingerprint density at radius 2 is 1.36 bits per heavy atom. The van der Waals surface area contributed by atoms with Gasteiger partial charge in [-0.1, -0.05) is 20.3 Å². The Kier molecular flexibility index (Phi) is 10.8. The minimum Gasteiger partial charge on any atom is -0.480 e. The number of rotatable bonds is 12. The molecule has 0 aromatic heterocycles. The van der Waals surface area contributed by atoms with Gasteiger partial charge in [0.05, 0.1) is 6.04 Å². The van der Waals surface area contributed by atoms with Crippen LogP contribution in [0.3, 0.4) is 0 Å². The van der Waals surface area contributed by atoms with Crippen molar-refractivity contribution >= 4 is 29.6 Å². The molecule has 11 heteroatoms. The number of amides is 4. The zero-order valence-corrected chi connectivity index (χ0v) is 16.7. The third-order valence-electron chi connectivity index (χ3n) is 4.36. The molecule has 0 saturated carbocycles. The first-order valence-electron chi connectivity index (χ1n) is 9.08. The molecule has 11 nitrogen and oxygen atoms in total. The van der Waals surface area contributed by atoms with E-state index in [0.29, 0.717) is 6.42 Å². The molecule has 0 unspecified atom stereocenters. The van der Waals surface area contributed by atoms with Crippen LogP contribution in [-0.4, -0.2) is 58.9 Å². The Bertz CT molecular complexity index is 597. The monoisotopic (exact) mass is 401 g/mol. The first kappa shape index (κ1) is 25.3. The summed E-state index contributed by atoms with van der Waals surface area (Å²) < 4.78 is 0. The van der Waals surface area contributed by atoms with Gasteiger partial charge < -0.3 is 32.5 Å². The molecule has 4 amide bonds. The Morgan fingerprint density at radius 1 is 0.893 bits per heavy atom. The summed E-state index contributed by atoms with van der Waals surface area (Å²) in [6.45, 7) is 6.51. The fraction of sp³-hybridized carbons (Fsp3) is 0.706. The largest absolute Gasteiger partial charge is 0.480 e. The van der Waals surface area contributed by atoms with Crippen molar-refractivity contribution in [2.45, 2.75) is 71.1 Å². The number of hydrogen-bond acceptors (Lipinski definition) is 6. The molecule has 0 radical (unpaired) electrons. The summed E-state index contributed by atoms with van der Waals surface area (Å²) in [6, 6.07) is -4.08. The van der Waals surface area contributed by atoms with E-state index in [9.17, 15) is 24.0 Å². The van der Waals surface area contributed by atoms with Gasteiger partial charge in [-0.25, -0.2) is 4.79 Å². The zero-order valence-electron chi connectivity index (χ0n) is 16.7. The van der Waals surface area contributed by atoms with Crippen molar-refractivity contribution in [2.75, 3.05) is 0 Å². The van der Waals surface area contributed by atoms with Crippen LogP contribution in [0.5, 0.6) is 0 Å². The highest BCUT2D eigenvalue weighted by Gasteiger charge is 2.27. The van der Waals surface area contributed by atoms with Crippen molar-refractivity contribution in [1.82, 2.24) is 16.0 Å². The number of aliphatic carboxylic acids is 1. The molecule has 0 bridgehead atoms. The van der Waals surface area contributed by atoms with Crippen LogP contribution < -0.4 is 27.4 Å². The predicted octanol–water partition coefficient (Wildman–Crippen LogP) is -1.80. The minimum absolute atomic E-state index is 0.0617. The van der Waals surface area contributed by atoms with Crippen LogP contribution in [0.4, 0.5) is 0 Å². The molecule has 0 aromatic carbocycles. The van der Waals surface area contributed by atoms with Crippen LogP contribution in [0.1, 0.15) is 47.0 Å². The van der Waals surface area contributed by atoms with Gasteiger partial charge in [-0.05, 0) is 26.2 Å². The third kappa shape index (κ3) is 8.80. The number of nitrogens with one attached hydrogen (secondary N) is 3. The molecule has 0 aromatic rings. The maximum atomic E-state index is 12.2. The first-order chi connectivity index (χ1) is 12.9. The molecule has 0 aliphatic heterocycles. The van der Waals surface area contributed by atoms with Crippen LogP contribution in [0.25, 0.3) is 0 Å². The number of carbonyl (C=O) groups excluding carboxylic acids is 4. The molecule has 0 spiro atoms. The van der Waals surface area contributed by atoms with Crippen LogP contribution >= 0.6 is 0 Å². The van der Waals surface area contributed by atoms with E-state index in [-0.39, 0.29) is 18.8 Å². The SMILES string of the molecule is CC[C@H](C)[C@H](N)C(=O)N[C@@H](C)C(=O)N[C@@H](C)C(=O)N[C@@H](CCC(N)=O)C(=O)O. The fourth-order valence-corrected chi connectivity index (χ4v) is 2.13. The predicted molar refractivity (Wildman–Crippen MR) is 101 cm³/mol. The van der Waals surface area contributed by atoms with Crippen LogP contribution in [0.15, 0.2) is 0 Å². The second-order valence-corrected chi connectivity index (χ2v) is 6.78. The standard InChI is InChI=1S/C17H31N5O6/c1-5-8(2)13(19)16(26)21-9(3)14(24)20-10(4)15(25)22-11(17(27)28)6-7-12(18)23/h8-11,13H,5-7,19H2,1-4H3,(H2,18,23)(H,20,24)(H,21,26)(H,22,25)(H,27,28)/t8-,9-,10-,11-,13-/m0/s1. The van der Waals surface area contributed by atoms with Crippen molar-refractivity contribution in [3.05, 3.63) is 0 Å². The smallest absolute Gasteiger partial charge is 0.326 e. The van der Waals surface area contributed by atoms with Crippen molar-refractivity contribution in [3.63, 3.8) is 0 Å². The average molecular weight is 401 g/mol. The normalized spacial score (nSPS) is 16.0. The van der Waals surface area contributed by atoms with E-state index >= 15 is 0 Å². The van der Waals surface area contributed by atoms with Gasteiger partial charge in [0.2, 0.25) is 23.6 Å². The molecule has 5 atom stereocenters. The topological polar surface area (TPSA) is 194 Å². The highest BCUT2D eigenvalue weighted by Crippen LogP contribution is 2.05. The summed E-state index contributed by atoms with van der Waals surface area (Å²) in [6.07, 6.45) is 0.321. The van der Waals surface area contributed by atoms with E-state index in [1.165, 1.54) is 13.8 Å². The summed E-state index contributed by atoms with van der Waals surface area (Å²) in [4.78, 5) is 58.2. The number of hydrogen-bond donors (Lipinski definition) is 6. The maximum Gasteiger partial charge on any atom is 0.326 e. The summed E-state index contributed by atoms with van der Waals surface area (Å²) >= 11 is 0. The van der Waals surface area contributed by atoms with E-state index in [4.69, 9.17) is 16.6 Å². The van der Waals surface area contributed by atoms with Gasteiger partial charge in [0, 0.05) is 6.42 Å². The number of carboxylic acid groups (broad SMARTS) is 1. The molecular weight excluding hydrogens is 370 g/mol. The zero-order chi connectivity index (χ0) is 22.0. The highest BCUT2D eigenvalue weighted by molar-refractivity contribution is 5.93. The van der Waals surface area contributed by atoms with Crippen LogP contribution in [-0.2, 0) is 24.0 Å². The lowest BCUT2D eigenvalue weighted by Gasteiger charge is -2.22. The van der Waals surface area contributed by atoms with Gasteiger partial charge in [-0.2, -0.15) is 0 Å². The van der Waals surface area contributed by atoms with Crippen LogP contribution in [0, 0.1) is 5.92 Å². The van der Waals surface area contributed by atoms with Crippen molar-refractivity contribution in [1.29, 1.82) is 0 Å². The summed E-state index contributed by atoms with van der Waals surface area (Å²) in [7, 11) is 0. The number of carboxylic acids is 1. The number of nitrogens with two attached hydrogens (primary N) is 2. The Hall–Kier alpha value is -2.69. The van der Waals surface area contributed by atoms with Crippen LogP contribution in [0.2, 0.25) is 0 Å². The summed E-state index contributed by atoms with van der Waals surface area (Å²) in [5.41, 5.74) is 10.8. The molecular formula is C17H31N5O6. The molecule has 0 fully saturated rings. The van der Waals surface area contributed by atoms with Gasteiger partial charge in [0.1, 0.15) is 18.1 Å². The highest BCUT2D eigenvalue weighted by atomic mass is 16.4. The van der Waals surface area contributed by atoms with Gasteiger partial charge >= 0.3 is 5.97 Å². The number of primary amides is 1. The minimum atomic E-state index is -1.33. The molecule has 0 aliphatic rings. The Balaban J connectivity index is 4.69. The lowest BCUT2D eigenvalue weighted by molar-refractivity contribution is -0.142. The van der Waals surface area contributed by atoms with E-state index in [1.807, 2.05) is 13.8 Å². The van der Waals surface area contributed by atoms with E-state index < -0.39 is 53.8 Å². The fourth-order valence-electron chi connectivity index (χ4n) is 2.13. The first-order valence-corrected chi connectivity index (χ1v) is 9.08. The summed E-state index contributed by atoms with van der Waals surface area (Å²) in [5, 5.41) is 16.2.